The van der Waals surface area contributed by atoms with E-state index < -0.39 is 27.8 Å². The Bertz CT molecular complexity index is 889. The molecule has 0 saturated heterocycles. The second kappa shape index (κ2) is 10.6. The van der Waals surface area contributed by atoms with E-state index >= 15 is 0 Å². The largest absolute Gasteiger partial charge is 0.507 e. The average Bonchev–Trinajstić information content (AvgIpc) is 2.93. The Morgan fingerprint density at radius 2 is 1.80 bits per heavy atom. The summed E-state index contributed by atoms with van der Waals surface area (Å²) < 4.78 is 24.8. The zero-order chi connectivity index (χ0) is 22.5. The lowest BCUT2D eigenvalue weighted by atomic mass is 9.92. The minimum atomic E-state index is -3.44. The standard InChI is InChI=1S/C24H36O5S/c1-5-7-18(13-19-11-16(3)24(27)17(4)12-19)9-10-21(26)23-20(8-6-2)15-30(28,29)22(23)14-25/h11-13,21-22,25-27H,5-10,14-15H2,1-4H3/b18-13+/t21-,22+/m1/s1. The molecule has 1 aromatic rings. The second-order valence-electron chi connectivity index (χ2n) is 8.40. The van der Waals surface area contributed by atoms with Crippen LogP contribution in [0.15, 0.2) is 28.9 Å². The minimum absolute atomic E-state index is 0.0534. The van der Waals surface area contributed by atoms with Gasteiger partial charge in [-0.2, -0.15) is 0 Å². The van der Waals surface area contributed by atoms with Crippen molar-refractivity contribution in [2.75, 3.05) is 12.4 Å². The lowest BCUT2D eigenvalue weighted by molar-refractivity contribution is 0.188. The van der Waals surface area contributed by atoms with Crippen LogP contribution in [0.1, 0.15) is 69.1 Å². The van der Waals surface area contributed by atoms with E-state index in [0.29, 0.717) is 30.6 Å². The maximum absolute atomic E-state index is 12.4. The van der Waals surface area contributed by atoms with Gasteiger partial charge in [0.1, 0.15) is 11.0 Å². The number of aliphatic hydroxyl groups excluding tert-OH is 2. The summed E-state index contributed by atoms with van der Waals surface area (Å²) in [7, 11) is -3.44. The van der Waals surface area contributed by atoms with Gasteiger partial charge in [-0.15, -0.1) is 0 Å². The first-order valence-electron chi connectivity index (χ1n) is 10.9. The molecule has 1 aromatic carbocycles. The van der Waals surface area contributed by atoms with Gasteiger partial charge in [0.05, 0.1) is 18.5 Å². The van der Waals surface area contributed by atoms with E-state index in [4.69, 9.17) is 0 Å². The fourth-order valence-corrected chi connectivity index (χ4v) is 6.34. The van der Waals surface area contributed by atoms with Gasteiger partial charge in [-0.3, -0.25) is 0 Å². The fraction of sp³-hybridized carbons (Fsp3) is 0.583. The molecule has 0 fully saturated rings. The van der Waals surface area contributed by atoms with Crippen LogP contribution < -0.4 is 0 Å². The molecule has 30 heavy (non-hydrogen) atoms. The summed E-state index contributed by atoms with van der Waals surface area (Å²) in [4.78, 5) is 0. The Kier molecular flexibility index (Phi) is 8.71. The first-order chi connectivity index (χ1) is 14.1. The summed E-state index contributed by atoms with van der Waals surface area (Å²) in [5.74, 6) is 0.259. The van der Waals surface area contributed by atoms with Crippen LogP contribution in [0.2, 0.25) is 0 Å². The highest BCUT2D eigenvalue weighted by Crippen LogP contribution is 2.34. The van der Waals surface area contributed by atoms with Crippen molar-refractivity contribution in [2.45, 2.75) is 77.6 Å². The number of aryl methyl sites for hydroxylation is 2. The third kappa shape index (κ3) is 5.74. The molecule has 0 radical (unpaired) electrons. The van der Waals surface area contributed by atoms with Gasteiger partial charge in [0.2, 0.25) is 0 Å². The SMILES string of the molecule is CCCC1=C([C@H](O)CC/C(=C/c2cc(C)c(O)c(C)c2)CCC)[C@H](CO)S(=O)(=O)C1. The molecule has 2 atom stereocenters. The van der Waals surface area contributed by atoms with Gasteiger partial charge in [0.25, 0.3) is 0 Å². The third-order valence-electron chi connectivity index (χ3n) is 5.83. The molecule has 1 heterocycles. The van der Waals surface area contributed by atoms with Crippen molar-refractivity contribution in [2.24, 2.45) is 0 Å². The molecule has 0 amide bonds. The summed E-state index contributed by atoms with van der Waals surface area (Å²) in [5.41, 5.74) is 5.15. The van der Waals surface area contributed by atoms with E-state index in [1.54, 1.807) is 0 Å². The Labute approximate surface area is 181 Å². The number of rotatable bonds is 10. The molecule has 0 aliphatic carbocycles. The molecule has 0 spiro atoms. The number of phenolic OH excluding ortho intramolecular Hbond substituents is 1. The molecule has 1 aliphatic rings. The first kappa shape index (κ1) is 24.6. The molecule has 3 N–H and O–H groups in total. The highest BCUT2D eigenvalue weighted by molar-refractivity contribution is 7.92. The number of sulfone groups is 1. The van der Waals surface area contributed by atoms with Crippen molar-refractivity contribution in [3.8, 4) is 5.75 Å². The van der Waals surface area contributed by atoms with Crippen molar-refractivity contribution in [3.63, 3.8) is 0 Å². The minimum Gasteiger partial charge on any atom is -0.507 e. The third-order valence-corrected chi connectivity index (χ3v) is 7.86. The molecular formula is C24H36O5S. The summed E-state index contributed by atoms with van der Waals surface area (Å²) in [6, 6.07) is 3.89. The van der Waals surface area contributed by atoms with Crippen molar-refractivity contribution in [1.82, 2.24) is 0 Å². The van der Waals surface area contributed by atoms with Crippen molar-refractivity contribution in [3.05, 3.63) is 45.5 Å². The molecule has 0 bridgehead atoms. The highest BCUT2D eigenvalue weighted by atomic mass is 32.2. The molecule has 6 heteroatoms. The van der Waals surface area contributed by atoms with Gasteiger partial charge in [-0.1, -0.05) is 43.9 Å². The summed E-state index contributed by atoms with van der Waals surface area (Å²) in [5, 5.41) is 29.6. The van der Waals surface area contributed by atoms with Gasteiger partial charge >= 0.3 is 0 Å². The monoisotopic (exact) mass is 436 g/mol. The summed E-state index contributed by atoms with van der Waals surface area (Å²) in [6.07, 6.45) is 5.59. The van der Waals surface area contributed by atoms with Crippen LogP contribution in [-0.2, 0) is 9.84 Å². The van der Waals surface area contributed by atoms with Crippen LogP contribution in [0.25, 0.3) is 6.08 Å². The number of aromatic hydroxyl groups is 1. The van der Waals surface area contributed by atoms with E-state index in [1.807, 2.05) is 32.9 Å². The zero-order valence-corrected chi connectivity index (χ0v) is 19.4. The number of benzene rings is 1. The van der Waals surface area contributed by atoms with E-state index in [-0.39, 0.29) is 5.75 Å². The van der Waals surface area contributed by atoms with E-state index in [2.05, 4.69) is 13.0 Å². The van der Waals surface area contributed by atoms with Gasteiger partial charge in [-0.25, -0.2) is 8.42 Å². The van der Waals surface area contributed by atoms with Gasteiger partial charge < -0.3 is 15.3 Å². The van der Waals surface area contributed by atoms with Crippen LogP contribution in [0.3, 0.4) is 0 Å². The number of allylic oxidation sites excluding steroid dienone is 1. The zero-order valence-electron chi connectivity index (χ0n) is 18.6. The van der Waals surface area contributed by atoms with Gasteiger partial charge in [0.15, 0.2) is 9.84 Å². The average molecular weight is 437 g/mol. The predicted octanol–water partition coefficient (Wildman–Crippen LogP) is 4.22. The smallest absolute Gasteiger partial charge is 0.163 e. The van der Waals surface area contributed by atoms with Crippen LogP contribution in [-0.4, -0.2) is 47.5 Å². The number of hydrogen-bond acceptors (Lipinski definition) is 5. The Hall–Kier alpha value is -1.63. The van der Waals surface area contributed by atoms with Crippen LogP contribution in [0.4, 0.5) is 0 Å². The van der Waals surface area contributed by atoms with Crippen LogP contribution in [0.5, 0.6) is 5.75 Å². The molecular weight excluding hydrogens is 400 g/mol. The molecule has 168 valence electrons. The van der Waals surface area contributed by atoms with Crippen LogP contribution >= 0.6 is 0 Å². The fourth-order valence-electron chi connectivity index (χ4n) is 4.40. The molecule has 0 unspecified atom stereocenters. The predicted molar refractivity (Wildman–Crippen MR) is 122 cm³/mol. The Balaban J connectivity index is 2.24. The molecule has 1 aliphatic heterocycles. The molecule has 0 aromatic heterocycles. The number of phenols is 1. The quantitative estimate of drug-likeness (QED) is 0.477. The maximum Gasteiger partial charge on any atom is 0.163 e. The van der Waals surface area contributed by atoms with Gasteiger partial charge in [-0.05, 0) is 73.9 Å². The normalized spacial score (nSPS) is 20.1. The van der Waals surface area contributed by atoms with E-state index in [9.17, 15) is 23.7 Å². The molecule has 5 nitrogen and oxygen atoms in total. The van der Waals surface area contributed by atoms with Crippen molar-refractivity contribution < 1.29 is 23.7 Å². The van der Waals surface area contributed by atoms with E-state index in [0.717, 1.165) is 41.5 Å². The first-order valence-corrected chi connectivity index (χ1v) is 12.6. The Morgan fingerprint density at radius 3 is 2.33 bits per heavy atom. The summed E-state index contributed by atoms with van der Waals surface area (Å²) >= 11 is 0. The lowest BCUT2D eigenvalue weighted by Gasteiger charge is -2.20. The van der Waals surface area contributed by atoms with Crippen LogP contribution in [0, 0.1) is 13.8 Å². The number of hydrogen-bond donors (Lipinski definition) is 3. The van der Waals surface area contributed by atoms with E-state index in [1.165, 1.54) is 5.57 Å². The molecule has 0 saturated carbocycles. The summed E-state index contributed by atoms with van der Waals surface area (Å²) in [6.45, 7) is 7.36. The van der Waals surface area contributed by atoms with Crippen molar-refractivity contribution >= 4 is 15.9 Å². The van der Waals surface area contributed by atoms with Crippen molar-refractivity contribution in [1.29, 1.82) is 0 Å². The molecule has 2 rings (SSSR count). The lowest BCUT2D eigenvalue weighted by Crippen LogP contribution is -2.29. The highest BCUT2D eigenvalue weighted by Gasteiger charge is 2.40. The Morgan fingerprint density at radius 1 is 1.17 bits per heavy atom. The van der Waals surface area contributed by atoms with Gasteiger partial charge in [0, 0.05) is 0 Å². The topological polar surface area (TPSA) is 94.8 Å². The second-order valence-corrected chi connectivity index (χ2v) is 10.6. The maximum atomic E-state index is 12.4. The number of aliphatic hydroxyl groups is 2.